The van der Waals surface area contributed by atoms with Crippen molar-refractivity contribution in [1.82, 2.24) is 19.7 Å². The number of Topliss-reactive ketones (excluding diaryl/α,β-unsaturated/α-hetero) is 2. The first-order chi connectivity index (χ1) is 32.6. The van der Waals surface area contributed by atoms with E-state index in [4.69, 9.17) is 39.3 Å². The molecule has 3 fully saturated rings. The van der Waals surface area contributed by atoms with Gasteiger partial charge in [0.2, 0.25) is 5.91 Å². The van der Waals surface area contributed by atoms with Crippen molar-refractivity contribution in [3.05, 3.63) is 71.1 Å². The first-order valence-electron chi connectivity index (χ1n) is 24.5. The number of aliphatic hydroxyl groups is 1. The second-order valence-corrected chi connectivity index (χ2v) is 25.5. The zero-order chi connectivity index (χ0) is 51.1. The van der Waals surface area contributed by atoms with Gasteiger partial charge in [-0.2, -0.15) is 40.5 Å². The lowest BCUT2D eigenvalue weighted by molar-refractivity contribution is -0.133. The highest BCUT2D eigenvalue weighted by molar-refractivity contribution is 8.21. The molecule has 2 N–H and O–H groups in total. The van der Waals surface area contributed by atoms with E-state index in [1.165, 1.54) is 6.07 Å². The number of nitrogens with one attached hydrogen (secondary N) is 1. The quantitative estimate of drug-likeness (QED) is 0.132. The molecule has 6 rings (SSSR count). The van der Waals surface area contributed by atoms with Gasteiger partial charge in [0, 0.05) is 98.6 Å². The summed E-state index contributed by atoms with van der Waals surface area (Å²) in [5.41, 5.74) is 0.591. The highest BCUT2D eigenvalue weighted by atomic mass is 35.7. The minimum Gasteiger partial charge on any atom is -0.447 e. The molecule has 12 nitrogen and oxygen atoms in total. The van der Waals surface area contributed by atoms with Crippen molar-refractivity contribution >= 4 is 122 Å². The third kappa shape index (κ3) is 24.7. The summed E-state index contributed by atoms with van der Waals surface area (Å²) in [6, 6.07) is 13.8. The van der Waals surface area contributed by atoms with Crippen LogP contribution < -0.4 is 5.32 Å². The van der Waals surface area contributed by atoms with E-state index in [1.807, 2.05) is 24.3 Å². The summed E-state index contributed by atoms with van der Waals surface area (Å²) in [6.45, 7) is 16.6. The van der Waals surface area contributed by atoms with Crippen molar-refractivity contribution in [2.75, 3.05) is 77.7 Å². The Morgan fingerprint density at radius 3 is 2.21 bits per heavy atom. The van der Waals surface area contributed by atoms with E-state index in [9.17, 15) is 23.6 Å². The summed E-state index contributed by atoms with van der Waals surface area (Å²) in [4.78, 5) is 58.1. The molecule has 1 aromatic heterocycles. The van der Waals surface area contributed by atoms with Crippen molar-refractivity contribution in [3.8, 4) is 0 Å². The maximum atomic E-state index is 13.8. The van der Waals surface area contributed by atoms with Crippen LogP contribution in [-0.4, -0.2) is 135 Å². The number of benzene rings is 2. The summed E-state index contributed by atoms with van der Waals surface area (Å²) in [5.74, 6) is 1.66. The number of carbonyl (C=O) groups is 4. The number of anilines is 1. The molecule has 0 radical (unpaired) electrons. The standard InChI is InChI=1S/C30H37ClFN5O3.C12H24O2Si.C6H10O2.C2H5ClS.3H2S/c1-35-15-17-37(18-16-35)14-6-10-25(36(2)28(38)13-12-22-9-5-11-26(32)29(22)31)21-40-30(39)34-27-19-23-7-3-4-8-24(23)20-33-27;1-12(2,3)15(4,5)14-9-10-6-7-11(13)8-10;7-4-5-1-2-6(8)3-5;1-2-4-3;;;/h3-5,7-9,11,19-20,25H,6,10,12-18,21H2,1-2H3,(H,33,34,39);10H,6-9H2,1-5H3;5,7H,1-4H2;2H2,1H3;3*1H2/t25-;10-;5-;;;;/m011..../s1/i;;;1TD;;;. The fourth-order valence-electron chi connectivity index (χ4n) is 7.46. The number of aryl methyl sites for hydroxylation is 1. The maximum Gasteiger partial charge on any atom is 0.412 e. The van der Waals surface area contributed by atoms with Crippen LogP contribution in [0.4, 0.5) is 15.0 Å². The smallest absolute Gasteiger partial charge is 0.412 e. The molecular weight excluding hydrogens is 1030 g/mol. The van der Waals surface area contributed by atoms with Gasteiger partial charge in [0.1, 0.15) is 29.8 Å². The van der Waals surface area contributed by atoms with Crippen molar-refractivity contribution < 1.29 is 40.6 Å². The predicted octanol–water partition coefficient (Wildman–Crippen LogP) is 11.0. The Bertz CT molecular complexity index is 2080. The topological polar surface area (TPSA) is 142 Å². The number of fused-ring (bicyclic) bond motifs is 1. The normalized spacial score (nSPS) is 18.3. The Balaban J connectivity index is 0.00000128. The van der Waals surface area contributed by atoms with Crippen LogP contribution in [0.1, 0.15) is 93.7 Å². The van der Waals surface area contributed by atoms with E-state index < -0.39 is 27.1 Å². The second-order valence-electron chi connectivity index (χ2n) is 19.1. The number of hydrogen-bond donors (Lipinski definition) is 2. The van der Waals surface area contributed by atoms with Crippen LogP contribution in [0.25, 0.3) is 10.8 Å². The van der Waals surface area contributed by atoms with Crippen LogP contribution in [0.15, 0.2) is 54.7 Å². The first-order valence-corrected chi connectivity index (χ1v) is 28.5. The molecule has 20 heteroatoms. The zero-order valence-electron chi connectivity index (χ0n) is 44.2. The highest BCUT2D eigenvalue weighted by Gasteiger charge is 2.38. The number of aromatic nitrogens is 1. The molecule has 1 unspecified atom stereocenters. The van der Waals surface area contributed by atoms with Crippen LogP contribution in [0.5, 0.6) is 0 Å². The number of halogens is 3. The third-order valence-electron chi connectivity index (χ3n) is 13.0. The number of carbonyl (C=O) groups excluding carboxylic acids is 4. The number of piperazine rings is 1. The summed E-state index contributed by atoms with van der Waals surface area (Å²) in [7, 11) is 8.32. The Morgan fingerprint density at radius 1 is 1.04 bits per heavy atom. The van der Waals surface area contributed by atoms with Gasteiger partial charge in [-0.25, -0.2) is 14.2 Å². The number of ether oxygens (including phenoxy) is 1. The molecule has 1 aliphatic heterocycles. The number of aliphatic hydroxyl groups excluding tert-OH is 1. The number of likely N-dealkylation sites (N-methyl/N-ethyl adjacent to an activating group) is 2. The maximum absolute atomic E-state index is 13.8. The van der Waals surface area contributed by atoms with Gasteiger partial charge in [0.15, 0.2) is 8.32 Å². The fourth-order valence-corrected chi connectivity index (χ4v) is 8.77. The summed E-state index contributed by atoms with van der Waals surface area (Å²) < 4.78 is 38.6. The summed E-state index contributed by atoms with van der Waals surface area (Å²) in [5, 5.41) is 13.5. The minimum absolute atomic E-state index is 0. The Kier molecular flexibility index (Phi) is 32.2. The van der Waals surface area contributed by atoms with Crippen LogP contribution in [0.3, 0.4) is 0 Å². The molecule has 2 saturated carbocycles. The van der Waals surface area contributed by atoms with Crippen LogP contribution in [0, 0.1) is 17.7 Å². The molecule has 70 heavy (non-hydrogen) atoms. The molecule has 4 atom stereocenters. The number of amides is 2. The molecule has 3 aromatic rings. The number of pyridine rings is 1. The minimum atomic E-state index is -1.61. The van der Waals surface area contributed by atoms with Crippen LogP contribution in [-0.2, 0) is 30.0 Å². The van der Waals surface area contributed by atoms with E-state index in [-0.39, 0.29) is 88.0 Å². The van der Waals surface area contributed by atoms with Gasteiger partial charge >= 0.3 is 6.09 Å². The van der Waals surface area contributed by atoms with Gasteiger partial charge < -0.3 is 29.0 Å². The molecule has 2 aliphatic carbocycles. The molecule has 0 spiro atoms. The molecule has 1 saturated heterocycles. The van der Waals surface area contributed by atoms with Crippen molar-refractivity contribution in [1.29, 1.82) is 0 Å². The van der Waals surface area contributed by atoms with Crippen molar-refractivity contribution in [2.45, 2.75) is 116 Å². The average molecular weight is 1110 g/mol. The van der Waals surface area contributed by atoms with E-state index >= 15 is 0 Å². The molecule has 2 amide bonds. The highest BCUT2D eigenvalue weighted by Crippen LogP contribution is 2.37. The van der Waals surface area contributed by atoms with Gasteiger partial charge in [-0.1, -0.05) is 86.6 Å². The van der Waals surface area contributed by atoms with Gasteiger partial charge in [-0.3, -0.25) is 19.7 Å². The molecule has 3 aliphatic rings. The molecule has 2 aromatic carbocycles. The summed E-state index contributed by atoms with van der Waals surface area (Å²) in [6.07, 6.45) is 7.84. The van der Waals surface area contributed by atoms with E-state index in [0.29, 0.717) is 60.3 Å². The average Bonchev–Trinajstić information content (AvgIpc) is 3.94. The first kappa shape index (κ1) is 64.0. The summed E-state index contributed by atoms with van der Waals surface area (Å²) >= 11 is 6.08. The van der Waals surface area contributed by atoms with Gasteiger partial charge in [-0.15, -0.1) is 0 Å². The largest absolute Gasteiger partial charge is 0.447 e. The zero-order valence-corrected chi connectivity index (χ0v) is 48.5. The Morgan fingerprint density at radius 2 is 1.67 bits per heavy atom. The predicted molar refractivity (Wildman–Crippen MR) is 306 cm³/mol. The molecule has 398 valence electrons. The van der Waals surface area contributed by atoms with Crippen molar-refractivity contribution in [2.24, 2.45) is 11.8 Å². The Hall–Kier alpha value is -2.10. The van der Waals surface area contributed by atoms with Gasteiger partial charge in [-0.05, 0) is 109 Å². The lowest BCUT2D eigenvalue weighted by Crippen LogP contribution is -2.45. The lowest BCUT2D eigenvalue weighted by Gasteiger charge is -2.36. The van der Waals surface area contributed by atoms with E-state index in [0.717, 1.165) is 93.2 Å². The number of hydrogen-bond acceptors (Lipinski definition) is 11. The van der Waals surface area contributed by atoms with E-state index in [2.05, 4.69) is 61.0 Å². The number of ketones is 2. The monoisotopic (exact) mass is 1110 g/mol. The molecule has 0 bridgehead atoms. The number of nitrogens with zero attached hydrogens (tertiary/aromatic N) is 4. The second kappa shape index (κ2) is 35.2. The van der Waals surface area contributed by atoms with Gasteiger partial charge in [0.05, 0.1) is 11.1 Å². The van der Waals surface area contributed by atoms with Crippen molar-refractivity contribution in [3.63, 3.8) is 0 Å². The van der Waals surface area contributed by atoms with Crippen LogP contribution in [0.2, 0.25) is 23.2 Å². The number of rotatable bonds is 16. The lowest BCUT2D eigenvalue weighted by atomic mass is 10.1. The SMILES string of the molecule is CC(C)(C)[Si](C)(C)OC[C@@H]1CCC(=O)C1.CN1CCN(CCC[C@@H](COC(=O)Nc2cc3ccccc3cn2)N(C)C(=O)CCc2cccc(F)c2Cl)CC1.O=C1CC[C@@H](CO)C1.S.S.S.[2H]C([3H])CSCl. The molecular formula is C50H82Cl2FN5O7S4Si. The Labute approximate surface area is 456 Å². The third-order valence-corrected chi connectivity index (χ3v) is 18.4. The van der Waals surface area contributed by atoms with Crippen LogP contribution >= 0.6 is 73.7 Å². The van der Waals surface area contributed by atoms with E-state index in [1.54, 1.807) is 36.3 Å². The van der Waals surface area contributed by atoms with Gasteiger partial charge in [0.25, 0.3) is 0 Å². The fraction of sp³-hybridized carbons (Fsp3) is 0.620. The molecule has 2 heterocycles.